The standard InChI is InChI=1S/C23H28N2O2/c1-24(2)21-13-11-19(12-14-21)23(27)25-16-6-9-20(17-25)22(26)15-10-18-7-4-3-5-8-18/h3-5,7-8,11-14,20H,6,9-10,15-17H2,1-2H3/t20-/m1/s1. The van der Waals surface area contributed by atoms with Crippen LogP contribution in [0.2, 0.25) is 0 Å². The molecule has 0 N–H and O–H groups in total. The Labute approximate surface area is 161 Å². The number of likely N-dealkylation sites (tertiary alicyclic amines) is 1. The van der Waals surface area contributed by atoms with Crippen LogP contribution in [0.1, 0.15) is 35.2 Å². The van der Waals surface area contributed by atoms with Gasteiger partial charge in [0.05, 0.1) is 0 Å². The molecule has 0 bridgehead atoms. The predicted molar refractivity (Wildman–Crippen MR) is 109 cm³/mol. The predicted octanol–water partition coefficient (Wildman–Crippen LogP) is 3.81. The number of ketones is 1. The summed E-state index contributed by atoms with van der Waals surface area (Å²) in [6, 6.07) is 17.8. The number of carbonyl (C=O) groups excluding carboxylic acids is 2. The summed E-state index contributed by atoms with van der Waals surface area (Å²) < 4.78 is 0. The first-order valence-corrected chi connectivity index (χ1v) is 9.68. The van der Waals surface area contributed by atoms with E-state index >= 15 is 0 Å². The number of Topliss-reactive ketones (excluding diaryl/α,β-unsaturated/α-hetero) is 1. The lowest BCUT2D eigenvalue weighted by molar-refractivity contribution is -0.124. The maximum atomic E-state index is 12.8. The van der Waals surface area contributed by atoms with E-state index in [9.17, 15) is 9.59 Å². The van der Waals surface area contributed by atoms with Gasteiger partial charge in [0.1, 0.15) is 5.78 Å². The van der Waals surface area contributed by atoms with Crippen LogP contribution in [0.15, 0.2) is 54.6 Å². The monoisotopic (exact) mass is 364 g/mol. The third-order valence-corrected chi connectivity index (χ3v) is 5.30. The van der Waals surface area contributed by atoms with E-state index in [1.165, 1.54) is 5.56 Å². The number of carbonyl (C=O) groups is 2. The third kappa shape index (κ3) is 4.97. The van der Waals surface area contributed by atoms with E-state index in [2.05, 4.69) is 12.1 Å². The summed E-state index contributed by atoms with van der Waals surface area (Å²) >= 11 is 0. The van der Waals surface area contributed by atoms with Gasteiger partial charge in [0.25, 0.3) is 5.91 Å². The fourth-order valence-corrected chi connectivity index (χ4v) is 3.63. The highest BCUT2D eigenvalue weighted by atomic mass is 16.2. The fourth-order valence-electron chi connectivity index (χ4n) is 3.63. The van der Waals surface area contributed by atoms with Gasteiger partial charge in [0.2, 0.25) is 0 Å². The Morgan fingerprint density at radius 2 is 1.74 bits per heavy atom. The molecule has 4 heteroatoms. The summed E-state index contributed by atoms with van der Waals surface area (Å²) in [5, 5.41) is 0. The first-order chi connectivity index (χ1) is 13.0. The molecule has 1 saturated heterocycles. The molecule has 0 aromatic heterocycles. The number of benzene rings is 2. The van der Waals surface area contributed by atoms with Crippen LogP contribution in [0.5, 0.6) is 0 Å². The number of anilines is 1. The van der Waals surface area contributed by atoms with Crippen molar-refractivity contribution in [3.63, 3.8) is 0 Å². The second-order valence-electron chi connectivity index (χ2n) is 7.48. The third-order valence-electron chi connectivity index (χ3n) is 5.30. The quantitative estimate of drug-likeness (QED) is 0.783. The molecule has 142 valence electrons. The van der Waals surface area contributed by atoms with E-state index in [1.807, 2.05) is 66.4 Å². The van der Waals surface area contributed by atoms with Crippen LogP contribution in [0.25, 0.3) is 0 Å². The fraction of sp³-hybridized carbons (Fsp3) is 0.391. The Bertz CT molecular complexity index is 769. The van der Waals surface area contributed by atoms with Gasteiger partial charge in [0.15, 0.2) is 0 Å². The molecule has 1 aliphatic rings. The molecule has 3 rings (SSSR count). The Kier molecular flexibility index (Phi) is 6.28. The van der Waals surface area contributed by atoms with Gasteiger partial charge in [-0.1, -0.05) is 30.3 Å². The van der Waals surface area contributed by atoms with Crippen molar-refractivity contribution in [2.24, 2.45) is 5.92 Å². The van der Waals surface area contributed by atoms with Crippen molar-refractivity contribution < 1.29 is 9.59 Å². The van der Waals surface area contributed by atoms with Crippen LogP contribution in [0, 0.1) is 5.92 Å². The van der Waals surface area contributed by atoms with Gasteiger partial charge in [-0.15, -0.1) is 0 Å². The number of piperidine rings is 1. The zero-order chi connectivity index (χ0) is 19.2. The van der Waals surface area contributed by atoms with Crippen molar-refractivity contribution in [1.29, 1.82) is 0 Å². The molecular formula is C23H28N2O2. The van der Waals surface area contributed by atoms with E-state index < -0.39 is 0 Å². The van der Waals surface area contributed by atoms with Crippen LogP contribution in [-0.4, -0.2) is 43.8 Å². The summed E-state index contributed by atoms with van der Waals surface area (Å²) in [6.45, 7) is 1.28. The molecule has 1 atom stereocenters. The molecule has 0 spiro atoms. The Morgan fingerprint density at radius 3 is 2.41 bits per heavy atom. The lowest BCUT2D eigenvalue weighted by atomic mass is 9.90. The smallest absolute Gasteiger partial charge is 0.253 e. The Balaban J connectivity index is 1.58. The molecule has 1 aliphatic heterocycles. The number of amides is 1. The van der Waals surface area contributed by atoms with Crippen LogP contribution in [0.4, 0.5) is 5.69 Å². The summed E-state index contributed by atoms with van der Waals surface area (Å²) in [4.78, 5) is 29.3. The van der Waals surface area contributed by atoms with Gasteiger partial charge >= 0.3 is 0 Å². The van der Waals surface area contributed by atoms with Gasteiger partial charge in [-0.05, 0) is 49.1 Å². The van der Waals surface area contributed by atoms with E-state index in [0.717, 1.165) is 31.5 Å². The van der Waals surface area contributed by atoms with Gasteiger partial charge in [-0.2, -0.15) is 0 Å². The average Bonchev–Trinajstić information content (AvgIpc) is 2.72. The van der Waals surface area contributed by atoms with Crippen LogP contribution < -0.4 is 4.90 Å². The van der Waals surface area contributed by atoms with Crippen molar-refractivity contribution in [3.05, 3.63) is 65.7 Å². The van der Waals surface area contributed by atoms with Crippen molar-refractivity contribution >= 4 is 17.4 Å². The molecule has 4 nitrogen and oxygen atoms in total. The molecule has 2 aromatic carbocycles. The summed E-state index contributed by atoms with van der Waals surface area (Å²) in [5.74, 6) is 0.271. The number of nitrogens with zero attached hydrogens (tertiary/aromatic N) is 2. The molecule has 0 aliphatic carbocycles. The van der Waals surface area contributed by atoms with Crippen LogP contribution in [0.3, 0.4) is 0 Å². The minimum Gasteiger partial charge on any atom is -0.378 e. The van der Waals surface area contributed by atoms with E-state index in [-0.39, 0.29) is 17.6 Å². The maximum absolute atomic E-state index is 12.8. The minimum atomic E-state index is -0.0348. The zero-order valence-corrected chi connectivity index (χ0v) is 16.2. The van der Waals surface area contributed by atoms with Crippen molar-refractivity contribution in [1.82, 2.24) is 4.90 Å². The molecule has 27 heavy (non-hydrogen) atoms. The second-order valence-corrected chi connectivity index (χ2v) is 7.48. The normalized spacial score (nSPS) is 16.8. The minimum absolute atomic E-state index is 0.0286. The molecule has 0 unspecified atom stereocenters. The van der Waals surface area contributed by atoms with Gasteiger partial charge in [0, 0.05) is 50.8 Å². The summed E-state index contributed by atoms with van der Waals surface area (Å²) in [6.07, 6.45) is 3.10. The van der Waals surface area contributed by atoms with Crippen molar-refractivity contribution in [2.45, 2.75) is 25.7 Å². The van der Waals surface area contributed by atoms with Gasteiger partial charge in [-0.3, -0.25) is 9.59 Å². The lowest BCUT2D eigenvalue weighted by Gasteiger charge is -2.32. The van der Waals surface area contributed by atoms with E-state index in [0.29, 0.717) is 18.5 Å². The Hall–Kier alpha value is -2.62. The van der Waals surface area contributed by atoms with Crippen molar-refractivity contribution in [2.75, 3.05) is 32.1 Å². The number of hydrogen-bond acceptors (Lipinski definition) is 3. The first-order valence-electron chi connectivity index (χ1n) is 9.68. The molecule has 0 radical (unpaired) electrons. The SMILES string of the molecule is CN(C)c1ccc(C(=O)N2CCC[C@@H](C(=O)CCc3ccccc3)C2)cc1. The van der Waals surface area contributed by atoms with E-state index in [1.54, 1.807) is 0 Å². The van der Waals surface area contributed by atoms with Gasteiger partial charge < -0.3 is 9.80 Å². The second kappa shape index (κ2) is 8.85. The number of aryl methyl sites for hydroxylation is 1. The highest BCUT2D eigenvalue weighted by Crippen LogP contribution is 2.22. The molecule has 1 amide bonds. The topological polar surface area (TPSA) is 40.6 Å². The highest BCUT2D eigenvalue weighted by Gasteiger charge is 2.28. The van der Waals surface area contributed by atoms with E-state index in [4.69, 9.17) is 0 Å². The molecule has 1 heterocycles. The van der Waals surface area contributed by atoms with Crippen molar-refractivity contribution in [3.8, 4) is 0 Å². The maximum Gasteiger partial charge on any atom is 0.253 e. The molecule has 0 saturated carbocycles. The van der Waals surface area contributed by atoms with Crippen LogP contribution >= 0.6 is 0 Å². The molecule has 1 fully saturated rings. The number of rotatable bonds is 6. The van der Waals surface area contributed by atoms with Crippen LogP contribution in [-0.2, 0) is 11.2 Å². The number of hydrogen-bond donors (Lipinski definition) is 0. The zero-order valence-electron chi connectivity index (χ0n) is 16.2. The first kappa shape index (κ1) is 19.2. The molecule has 2 aromatic rings. The highest BCUT2D eigenvalue weighted by molar-refractivity contribution is 5.95. The largest absolute Gasteiger partial charge is 0.378 e. The average molecular weight is 364 g/mol. The Morgan fingerprint density at radius 1 is 1.04 bits per heavy atom. The lowest BCUT2D eigenvalue weighted by Crippen LogP contribution is -2.42. The van der Waals surface area contributed by atoms with Gasteiger partial charge in [-0.25, -0.2) is 0 Å². The summed E-state index contributed by atoms with van der Waals surface area (Å²) in [5.41, 5.74) is 2.95. The summed E-state index contributed by atoms with van der Waals surface area (Å²) in [7, 11) is 3.96. The molecular weight excluding hydrogens is 336 g/mol.